The summed E-state index contributed by atoms with van der Waals surface area (Å²) in [6.07, 6.45) is 2.74. The minimum atomic E-state index is -0.213. The van der Waals surface area contributed by atoms with Gasteiger partial charge in [-0.2, -0.15) is 0 Å². The van der Waals surface area contributed by atoms with Crippen LogP contribution in [0, 0.1) is 12.7 Å². The van der Waals surface area contributed by atoms with E-state index in [0.29, 0.717) is 11.4 Å². The summed E-state index contributed by atoms with van der Waals surface area (Å²) in [6, 6.07) is 5.12. The van der Waals surface area contributed by atoms with Crippen molar-refractivity contribution in [3.05, 3.63) is 47.0 Å². The van der Waals surface area contributed by atoms with Crippen molar-refractivity contribution in [2.75, 3.05) is 6.54 Å². The average molecular weight is 243 g/mol. The summed E-state index contributed by atoms with van der Waals surface area (Å²) in [7, 11) is 0. The van der Waals surface area contributed by atoms with E-state index in [4.69, 9.17) is 0 Å². The maximum Gasteiger partial charge on any atom is 0.159 e. The highest BCUT2D eigenvalue weighted by Crippen LogP contribution is 2.20. The number of halogens is 1. The standard InChI is InChI=1S/C14H14FN3/c1-9-2-3-10(6-12(9)15)14-17-8-11-7-16-5-4-13(11)18-14/h2-3,6,8,16H,4-5,7H2,1H3. The number of aromatic nitrogens is 2. The van der Waals surface area contributed by atoms with Gasteiger partial charge in [-0.1, -0.05) is 12.1 Å². The van der Waals surface area contributed by atoms with Gasteiger partial charge in [-0.3, -0.25) is 0 Å². The third-order valence-corrected chi connectivity index (χ3v) is 3.24. The monoisotopic (exact) mass is 243 g/mol. The van der Waals surface area contributed by atoms with Crippen molar-refractivity contribution in [1.82, 2.24) is 15.3 Å². The summed E-state index contributed by atoms with van der Waals surface area (Å²) < 4.78 is 13.5. The van der Waals surface area contributed by atoms with Crippen LogP contribution in [0.1, 0.15) is 16.8 Å². The minimum Gasteiger partial charge on any atom is -0.312 e. The van der Waals surface area contributed by atoms with Gasteiger partial charge in [0, 0.05) is 36.8 Å². The van der Waals surface area contributed by atoms with Gasteiger partial charge in [0.05, 0.1) is 5.69 Å². The Morgan fingerprint density at radius 1 is 1.33 bits per heavy atom. The third-order valence-electron chi connectivity index (χ3n) is 3.24. The van der Waals surface area contributed by atoms with Crippen LogP contribution < -0.4 is 5.32 Å². The molecule has 3 nitrogen and oxygen atoms in total. The molecule has 1 aromatic heterocycles. The Kier molecular flexibility index (Phi) is 2.80. The zero-order chi connectivity index (χ0) is 12.5. The van der Waals surface area contributed by atoms with Crippen molar-refractivity contribution in [2.45, 2.75) is 19.9 Å². The highest BCUT2D eigenvalue weighted by Gasteiger charge is 2.12. The second-order valence-electron chi connectivity index (χ2n) is 4.56. The molecule has 4 heteroatoms. The molecule has 0 bridgehead atoms. The lowest BCUT2D eigenvalue weighted by Crippen LogP contribution is -2.24. The Hall–Kier alpha value is -1.81. The van der Waals surface area contributed by atoms with Gasteiger partial charge in [0.15, 0.2) is 5.82 Å². The summed E-state index contributed by atoms with van der Waals surface area (Å²) in [5.41, 5.74) is 3.58. The maximum absolute atomic E-state index is 13.5. The molecule has 18 heavy (non-hydrogen) atoms. The van der Waals surface area contributed by atoms with Gasteiger partial charge in [-0.25, -0.2) is 14.4 Å². The first-order chi connectivity index (χ1) is 8.74. The molecule has 0 fully saturated rings. The van der Waals surface area contributed by atoms with Crippen LogP contribution in [0.5, 0.6) is 0 Å². The molecule has 0 aliphatic carbocycles. The number of hydrogen-bond acceptors (Lipinski definition) is 3. The smallest absolute Gasteiger partial charge is 0.159 e. The molecule has 1 aliphatic rings. The Balaban J connectivity index is 2.03. The van der Waals surface area contributed by atoms with Gasteiger partial charge in [-0.05, 0) is 18.6 Å². The van der Waals surface area contributed by atoms with Crippen LogP contribution in [-0.2, 0) is 13.0 Å². The highest BCUT2D eigenvalue weighted by molar-refractivity contribution is 5.56. The van der Waals surface area contributed by atoms with Crippen molar-refractivity contribution >= 4 is 0 Å². The zero-order valence-corrected chi connectivity index (χ0v) is 10.2. The van der Waals surface area contributed by atoms with Crippen LogP contribution in [0.2, 0.25) is 0 Å². The second kappa shape index (κ2) is 4.46. The van der Waals surface area contributed by atoms with Gasteiger partial charge in [0.1, 0.15) is 5.82 Å². The van der Waals surface area contributed by atoms with Gasteiger partial charge in [0.25, 0.3) is 0 Å². The van der Waals surface area contributed by atoms with Crippen molar-refractivity contribution < 1.29 is 4.39 Å². The van der Waals surface area contributed by atoms with Crippen LogP contribution in [0.4, 0.5) is 4.39 Å². The molecule has 2 aromatic rings. The molecule has 2 heterocycles. The fourth-order valence-electron chi connectivity index (χ4n) is 2.11. The summed E-state index contributed by atoms with van der Waals surface area (Å²) in [5, 5.41) is 3.28. The molecule has 0 saturated carbocycles. The SMILES string of the molecule is Cc1ccc(-c2ncc3c(n2)CCNC3)cc1F. The normalized spacial score (nSPS) is 14.3. The lowest BCUT2D eigenvalue weighted by atomic mass is 10.1. The van der Waals surface area contributed by atoms with Crippen molar-refractivity contribution in [3.8, 4) is 11.4 Å². The molecule has 92 valence electrons. The van der Waals surface area contributed by atoms with E-state index < -0.39 is 0 Å². The molecular weight excluding hydrogens is 229 g/mol. The van der Waals surface area contributed by atoms with Crippen LogP contribution >= 0.6 is 0 Å². The van der Waals surface area contributed by atoms with E-state index in [1.54, 1.807) is 13.0 Å². The number of aryl methyl sites for hydroxylation is 1. The van der Waals surface area contributed by atoms with E-state index in [-0.39, 0.29) is 5.82 Å². The lowest BCUT2D eigenvalue weighted by Gasteiger charge is -2.16. The predicted molar refractivity (Wildman–Crippen MR) is 67.6 cm³/mol. The number of nitrogens with one attached hydrogen (secondary N) is 1. The first kappa shape index (κ1) is 11.3. The van der Waals surface area contributed by atoms with Crippen LogP contribution in [0.15, 0.2) is 24.4 Å². The summed E-state index contributed by atoms with van der Waals surface area (Å²) >= 11 is 0. The molecule has 1 aliphatic heterocycles. The van der Waals surface area contributed by atoms with E-state index >= 15 is 0 Å². The summed E-state index contributed by atoms with van der Waals surface area (Å²) in [5.74, 6) is 0.394. The first-order valence-corrected chi connectivity index (χ1v) is 6.06. The van der Waals surface area contributed by atoms with Gasteiger partial charge in [-0.15, -0.1) is 0 Å². The average Bonchev–Trinajstić information content (AvgIpc) is 2.41. The molecule has 0 amide bonds. The van der Waals surface area contributed by atoms with E-state index in [1.807, 2.05) is 12.3 Å². The Morgan fingerprint density at radius 2 is 2.22 bits per heavy atom. The van der Waals surface area contributed by atoms with E-state index in [9.17, 15) is 4.39 Å². The van der Waals surface area contributed by atoms with Crippen LogP contribution in [-0.4, -0.2) is 16.5 Å². The fraction of sp³-hybridized carbons (Fsp3) is 0.286. The Morgan fingerprint density at radius 3 is 3.06 bits per heavy atom. The quantitative estimate of drug-likeness (QED) is 0.834. The molecule has 0 spiro atoms. The van der Waals surface area contributed by atoms with Crippen LogP contribution in [0.3, 0.4) is 0 Å². The van der Waals surface area contributed by atoms with Gasteiger partial charge >= 0.3 is 0 Å². The molecule has 1 N–H and O–H groups in total. The second-order valence-corrected chi connectivity index (χ2v) is 4.56. The van der Waals surface area contributed by atoms with Crippen LogP contribution in [0.25, 0.3) is 11.4 Å². The van der Waals surface area contributed by atoms with Crippen molar-refractivity contribution in [1.29, 1.82) is 0 Å². The van der Waals surface area contributed by atoms with E-state index in [1.165, 1.54) is 6.07 Å². The number of rotatable bonds is 1. The topological polar surface area (TPSA) is 37.8 Å². The Labute approximate surface area is 105 Å². The molecule has 0 saturated heterocycles. The Bertz CT molecular complexity index is 596. The number of hydrogen-bond donors (Lipinski definition) is 1. The van der Waals surface area contributed by atoms with Gasteiger partial charge in [0.2, 0.25) is 0 Å². The largest absolute Gasteiger partial charge is 0.312 e. The summed E-state index contributed by atoms with van der Waals surface area (Å²) in [6.45, 7) is 3.50. The molecule has 1 aromatic carbocycles. The number of benzene rings is 1. The van der Waals surface area contributed by atoms with E-state index in [0.717, 1.165) is 36.3 Å². The molecule has 0 unspecified atom stereocenters. The minimum absolute atomic E-state index is 0.213. The summed E-state index contributed by atoms with van der Waals surface area (Å²) in [4.78, 5) is 8.85. The highest BCUT2D eigenvalue weighted by atomic mass is 19.1. The fourth-order valence-corrected chi connectivity index (χ4v) is 2.11. The van der Waals surface area contributed by atoms with E-state index in [2.05, 4.69) is 15.3 Å². The molecule has 3 rings (SSSR count). The molecular formula is C14H14FN3. The third kappa shape index (κ3) is 1.99. The molecule has 0 atom stereocenters. The lowest BCUT2D eigenvalue weighted by molar-refractivity contribution is 0.618. The van der Waals surface area contributed by atoms with Gasteiger partial charge < -0.3 is 5.32 Å². The predicted octanol–water partition coefficient (Wildman–Crippen LogP) is 2.24. The van der Waals surface area contributed by atoms with Crippen molar-refractivity contribution in [2.24, 2.45) is 0 Å². The number of fused-ring (bicyclic) bond motifs is 1. The number of nitrogens with zero attached hydrogens (tertiary/aromatic N) is 2. The van der Waals surface area contributed by atoms with Crippen molar-refractivity contribution in [3.63, 3.8) is 0 Å². The zero-order valence-electron chi connectivity index (χ0n) is 10.2. The molecule has 0 radical (unpaired) electrons. The maximum atomic E-state index is 13.5. The first-order valence-electron chi connectivity index (χ1n) is 6.06.